The van der Waals surface area contributed by atoms with Crippen LogP contribution >= 0.6 is 22.6 Å². The SMILES string of the molecule is C/C(I)=C\C(=O)OCC[Si](C)(C)C. The maximum Gasteiger partial charge on any atom is 0.331 e. The van der Waals surface area contributed by atoms with Crippen LogP contribution in [-0.4, -0.2) is 20.7 Å². The molecule has 0 N–H and O–H groups in total. The highest BCUT2D eigenvalue weighted by Crippen LogP contribution is 2.08. The molecule has 2 nitrogen and oxygen atoms in total. The van der Waals surface area contributed by atoms with E-state index in [0.29, 0.717) is 6.61 Å². The van der Waals surface area contributed by atoms with E-state index in [1.807, 2.05) is 6.92 Å². The lowest BCUT2D eigenvalue weighted by molar-refractivity contribution is -0.137. The molecule has 0 unspecified atom stereocenters. The number of carbonyl (C=O) groups excluding carboxylic acids is 1. The highest BCUT2D eigenvalue weighted by atomic mass is 127. The molecule has 0 aromatic carbocycles. The molecule has 0 aliphatic heterocycles. The van der Waals surface area contributed by atoms with Gasteiger partial charge in [-0.05, 0) is 39.1 Å². The first-order valence-electron chi connectivity index (χ1n) is 4.32. The van der Waals surface area contributed by atoms with Gasteiger partial charge >= 0.3 is 5.97 Å². The summed E-state index contributed by atoms with van der Waals surface area (Å²) in [6.07, 6.45) is 1.52. The van der Waals surface area contributed by atoms with E-state index in [1.54, 1.807) is 0 Å². The van der Waals surface area contributed by atoms with Crippen molar-refractivity contribution in [3.8, 4) is 0 Å². The molecule has 0 rings (SSSR count). The minimum atomic E-state index is -1.06. The molecule has 4 heteroatoms. The predicted molar refractivity (Wildman–Crippen MR) is 66.9 cm³/mol. The van der Waals surface area contributed by atoms with Gasteiger partial charge in [0.25, 0.3) is 0 Å². The molecule has 13 heavy (non-hydrogen) atoms. The van der Waals surface area contributed by atoms with Crippen LogP contribution in [0.25, 0.3) is 0 Å². The van der Waals surface area contributed by atoms with Gasteiger partial charge in [-0.15, -0.1) is 0 Å². The topological polar surface area (TPSA) is 26.3 Å². The third-order valence-corrected chi connectivity index (χ3v) is 3.43. The molecule has 0 spiro atoms. The van der Waals surface area contributed by atoms with E-state index in [4.69, 9.17) is 4.74 Å². The van der Waals surface area contributed by atoms with Crippen LogP contribution in [0.15, 0.2) is 9.66 Å². The Morgan fingerprint density at radius 3 is 2.38 bits per heavy atom. The van der Waals surface area contributed by atoms with E-state index < -0.39 is 8.07 Å². The molecular weight excluding hydrogens is 295 g/mol. The number of carbonyl (C=O) groups is 1. The Morgan fingerprint density at radius 1 is 1.46 bits per heavy atom. The van der Waals surface area contributed by atoms with Crippen molar-refractivity contribution in [2.24, 2.45) is 0 Å². The van der Waals surface area contributed by atoms with Gasteiger partial charge in [0.2, 0.25) is 0 Å². The lowest BCUT2D eigenvalue weighted by Crippen LogP contribution is -2.22. The Hall–Kier alpha value is 0.157. The summed E-state index contributed by atoms with van der Waals surface area (Å²) in [4.78, 5) is 11.1. The lowest BCUT2D eigenvalue weighted by atomic mass is 10.5. The number of esters is 1. The van der Waals surface area contributed by atoms with Crippen LogP contribution in [0.3, 0.4) is 0 Å². The molecule has 0 atom stereocenters. The second kappa shape index (κ2) is 5.80. The Kier molecular flexibility index (Phi) is 5.87. The van der Waals surface area contributed by atoms with Gasteiger partial charge in [0.1, 0.15) is 0 Å². The van der Waals surface area contributed by atoms with Crippen molar-refractivity contribution < 1.29 is 9.53 Å². The summed E-state index contributed by atoms with van der Waals surface area (Å²) in [5, 5.41) is 0. The monoisotopic (exact) mass is 312 g/mol. The van der Waals surface area contributed by atoms with Gasteiger partial charge in [0, 0.05) is 14.1 Å². The minimum absolute atomic E-state index is 0.217. The summed E-state index contributed by atoms with van der Waals surface area (Å²) >= 11 is 2.09. The average molecular weight is 312 g/mol. The van der Waals surface area contributed by atoms with E-state index in [-0.39, 0.29) is 5.97 Å². The summed E-state index contributed by atoms with van der Waals surface area (Å²) in [6, 6.07) is 1.03. The van der Waals surface area contributed by atoms with Crippen molar-refractivity contribution in [3.05, 3.63) is 9.66 Å². The molecule has 0 fully saturated rings. The molecule has 0 aliphatic carbocycles. The molecule has 0 aromatic rings. The lowest BCUT2D eigenvalue weighted by Gasteiger charge is -2.14. The zero-order valence-corrected chi connectivity index (χ0v) is 11.8. The smallest absolute Gasteiger partial charge is 0.331 e. The van der Waals surface area contributed by atoms with E-state index in [0.717, 1.165) is 9.62 Å². The summed E-state index contributed by atoms with van der Waals surface area (Å²) in [7, 11) is -1.06. The molecule has 0 heterocycles. The number of ether oxygens (including phenoxy) is 1. The maximum absolute atomic E-state index is 11.1. The largest absolute Gasteiger partial charge is 0.463 e. The van der Waals surface area contributed by atoms with Crippen molar-refractivity contribution in [1.82, 2.24) is 0 Å². The van der Waals surface area contributed by atoms with Crippen LogP contribution in [0.1, 0.15) is 6.92 Å². The van der Waals surface area contributed by atoms with Crippen molar-refractivity contribution in [2.75, 3.05) is 6.61 Å². The standard InChI is InChI=1S/C9H17IO2Si/c1-8(10)7-9(11)12-5-6-13(2,3)4/h7H,5-6H2,1-4H3/b8-7+. The molecule has 0 radical (unpaired) electrons. The average Bonchev–Trinajstić information content (AvgIpc) is 1.81. The van der Waals surface area contributed by atoms with Gasteiger partial charge in [0.05, 0.1) is 6.61 Å². The fraction of sp³-hybridized carbons (Fsp3) is 0.667. The number of halogens is 1. The third kappa shape index (κ3) is 10.1. The van der Waals surface area contributed by atoms with E-state index >= 15 is 0 Å². The Labute approximate surface area is 94.9 Å². The van der Waals surface area contributed by atoms with Crippen LogP contribution in [0.2, 0.25) is 25.7 Å². The van der Waals surface area contributed by atoms with Crippen molar-refractivity contribution in [2.45, 2.75) is 32.6 Å². The first-order chi connectivity index (χ1) is 5.81. The fourth-order valence-electron chi connectivity index (χ4n) is 0.662. The minimum Gasteiger partial charge on any atom is -0.463 e. The third-order valence-electron chi connectivity index (χ3n) is 1.41. The van der Waals surface area contributed by atoms with E-state index in [1.165, 1.54) is 6.08 Å². The Morgan fingerprint density at radius 2 is 2.00 bits per heavy atom. The Bertz CT molecular complexity index is 202. The van der Waals surface area contributed by atoms with Gasteiger partial charge in [-0.2, -0.15) is 0 Å². The van der Waals surface area contributed by atoms with Crippen LogP contribution in [-0.2, 0) is 9.53 Å². The van der Waals surface area contributed by atoms with Gasteiger partial charge < -0.3 is 4.74 Å². The van der Waals surface area contributed by atoms with Gasteiger partial charge in [-0.1, -0.05) is 19.6 Å². The van der Waals surface area contributed by atoms with Crippen molar-refractivity contribution >= 4 is 36.6 Å². The van der Waals surface area contributed by atoms with Crippen LogP contribution < -0.4 is 0 Å². The normalized spacial score (nSPS) is 12.8. The summed E-state index contributed by atoms with van der Waals surface area (Å²) < 4.78 is 6.00. The van der Waals surface area contributed by atoms with E-state index in [2.05, 4.69) is 42.2 Å². The van der Waals surface area contributed by atoms with Gasteiger partial charge in [0.15, 0.2) is 0 Å². The second-order valence-corrected chi connectivity index (χ2v) is 11.5. The summed E-state index contributed by atoms with van der Waals surface area (Å²) in [5.74, 6) is -0.217. The molecule has 0 aliphatic rings. The second-order valence-electron chi connectivity index (χ2n) is 4.21. The van der Waals surface area contributed by atoms with Crippen LogP contribution in [0, 0.1) is 0 Å². The molecule has 76 valence electrons. The zero-order valence-electron chi connectivity index (χ0n) is 8.69. The molecule has 0 amide bonds. The van der Waals surface area contributed by atoms with Crippen molar-refractivity contribution in [1.29, 1.82) is 0 Å². The highest BCUT2D eigenvalue weighted by Gasteiger charge is 2.13. The van der Waals surface area contributed by atoms with Crippen molar-refractivity contribution in [3.63, 3.8) is 0 Å². The number of allylic oxidation sites excluding steroid dienone is 1. The number of hydrogen-bond acceptors (Lipinski definition) is 2. The number of rotatable bonds is 4. The summed E-state index contributed by atoms with van der Waals surface area (Å²) in [6.45, 7) is 9.23. The molecule has 0 aromatic heterocycles. The van der Waals surface area contributed by atoms with E-state index in [9.17, 15) is 4.79 Å². The van der Waals surface area contributed by atoms with Crippen LogP contribution in [0.5, 0.6) is 0 Å². The predicted octanol–water partition coefficient (Wildman–Crippen LogP) is 3.21. The van der Waals surface area contributed by atoms with Gasteiger partial charge in [-0.25, -0.2) is 4.79 Å². The molecule has 0 saturated heterocycles. The maximum atomic E-state index is 11.1. The Balaban J connectivity index is 3.67. The molecule has 0 bridgehead atoms. The fourth-order valence-corrected chi connectivity index (χ4v) is 1.63. The molecular formula is C9H17IO2Si. The zero-order chi connectivity index (χ0) is 10.5. The first-order valence-corrected chi connectivity index (χ1v) is 9.10. The molecule has 0 saturated carbocycles. The van der Waals surface area contributed by atoms with Gasteiger partial charge in [-0.3, -0.25) is 0 Å². The quantitative estimate of drug-likeness (QED) is 0.345. The summed E-state index contributed by atoms with van der Waals surface area (Å²) in [5.41, 5.74) is 0. The highest BCUT2D eigenvalue weighted by molar-refractivity contribution is 14.1. The van der Waals surface area contributed by atoms with Crippen LogP contribution in [0.4, 0.5) is 0 Å². The first kappa shape index (κ1) is 13.2. The number of hydrogen-bond donors (Lipinski definition) is 0.